The van der Waals surface area contributed by atoms with E-state index in [1.807, 2.05) is 0 Å². The van der Waals surface area contributed by atoms with E-state index in [-0.39, 0.29) is 18.2 Å². The van der Waals surface area contributed by atoms with Crippen molar-refractivity contribution in [3.05, 3.63) is 0 Å². The van der Waals surface area contributed by atoms with Gasteiger partial charge in [0, 0.05) is 0 Å². The van der Waals surface area contributed by atoms with Crippen LogP contribution in [0.3, 0.4) is 0 Å². The van der Waals surface area contributed by atoms with Crippen molar-refractivity contribution in [2.24, 2.45) is 5.73 Å². The summed E-state index contributed by atoms with van der Waals surface area (Å²) in [4.78, 5) is 0. The summed E-state index contributed by atoms with van der Waals surface area (Å²) < 4.78 is 0. The van der Waals surface area contributed by atoms with Gasteiger partial charge in [-0.1, -0.05) is 0 Å². The molecular weight excluding hydrogens is 87.5 g/mol. The van der Waals surface area contributed by atoms with Gasteiger partial charge in [0.15, 0.2) is 0 Å². The Bertz CT molecular complexity index is 30.6. The Morgan fingerprint density at radius 1 is 1.80 bits per heavy atom. The van der Waals surface area contributed by atoms with E-state index < -0.39 is 0 Å². The molecular formula is C2H6ClN2-. The van der Waals surface area contributed by atoms with Crippen molar-refractivity contribution in [1.29, 1.82) is 5.41 Å². The minimum absolute atomic E-state index is 0. The lowest BCUT2D eigenvalue weighted by Gasteiger charge is -1.66. The van der Waals surface area contributed by atoms with Crippen LogP contribution in [-0.4, -0.2) is 5.84 Å². The maximum atomic E-state index is 6.28. The average Bonchev–Trinajstić information content (AvgIpc) is 0.811. The highest BCUT2D eigenvalue weighted by Crippen LogP contribution is 1.36. The predicted molar refractivity (Wildman–Crippen MR) is 17.6 cm³/mol. The Morgan fingerprint density at radius 3 is 1.80 bits per heavy atom. The quantitative estimate of drug-likeness (QED) is 0.243. The third-order valence-corrected chi connectivity index (χ3v) is 0. The summed E-state index contributed by atoms with van der Waals surface area (Å²) in [5, 5.41) is 6.28. The smallest absolute Gasteiger partial charge is 0.0873 e. The van der Waals surface area contributed by atoms with E-state index in [2.05, 4.69) is 0 Å². The first kappa shape index (κ1) is 8.83. The molecule has 2 nitrogen and oxygen atoms in total. The zero-order chi connectivity index (χ0) is 3.58. The Labute approximate surface area is 37.3 Å². The Morgan fingerprint density at radius 2 is 1.80 bits per heavy atom. The van der Waals surface area contributed by atoms with Gasteiger partial charge in [0.05, 0.1) is 5.84 Å². The molecule has 32 valence electrons. The van der Waals surface area contributed by atoms with Crippen LogP contribution in [0.2, 0.25) is 0 Å². The fourth-order valence-corrected chi connectivity index (χ4v) is 0. The van der Waals surface area contributed by atoms with Gasteiger partial charge in [0.25, 0.3) is 0 Å². The summed E-state index contributed by atoms with van der Waals surface area (Å²) in [6, 6.07) is 0. The fourth-order valence-electron chi connectivity index (χ4n) is 0. The molecule has 0 saturated carbocycles. The van der Waals surface area contributed by atoms with Gasteiger partial charge < -0.3 is 18.1 Å². The second-order valence-electron chi connectivity index (χ2n) is 0.683. The molecule has 0 spiro atoms. The summed E-state index contributed by atoms with van der Waals surface area (Å²) in [7, 11) is 0. The Balaban J connectivity index is 0. The molecule has 0 saturated heterocycles. The molecule has 0 rings (SSSR count). The van der Waals surface area contributed by atoms with Crippen molar-refractivity contribution >= 4 is 5.84 Å². The Kier molecular flexibility index (Phi) is 6.64. The van der Waals surface area contributed by atoms with Crippen molar-refractivity contribution in [2.45, 2.75) is 6.92 Å². The highest BCUT2D eigenvalue weighted by molar-refractivity contribution is 5.73. The van der Waals surface area contributed by atoms with E-state index in [1.165, 1.54) is 6.92 Å². The van der Waals surface area contributed by atoms with Crippen LogP contribution in [0.5, 0.6) is 0 Å². The summed E-state index contributed by atoms with van der Waals surface area (Å²) >= 11 is 0. The molecule has 0 atom stereocenters. The lowest BCUT2D eigenvalue weighted by molar-refractivity contribution is -0.00000142. The monoisotopic (exact) mass is 93.0 g/mol. The van der Waals surface area contributed by atoms with E-state index >= 15 is 0 Å². The molecule has 0 bridgehead atoms. The number of nitrogens with two attached hydrogens (primary N) is 1. The molecule has 0 aromatic heterocycles. The van der Waals surface area contributed by atoms with Crippen LogP contribution >= 0.6 is 0 Å². The molecule has 5 heavy (non-hydrogen) atoms. The van der Waals surface area contributed by atoms with Gasteiger partial charge >= 0.3 is 0 Å². The van der Waals surface area contributed by atoms with Gasteiger partial charge in [-0.05, 0) is 6.92 Å². The summed E-state index contributed by atoms with van der Waals surface area (Å²) in [5.41, 5.74) is 4.69. The first-order valence-electron chi connectivity index (χ1n) is 1.04. The summed E-state index contributed by atoms with van der Waals surface area (Å²) in [5.74, 6) is 0.167. The van der Waals surface area contributed by atoms with E-state index in [0.717, 1.165) is 0 Å². The highest BCUT2D eigenvalue weighted by atomic mass is 35.5. The van der Waals surface area contributed by atoms with Gasteiger partial charge in [0.2, 0.25) is 0 Å². The molecule has 0 aliphatic carbocycles. The van der Waals surface area contributed by atoms with E-state index in [1.54, 1.807) is 0 Å². The van der Waals surface area contributed by atoms with E-state index in [0.29, 0.717) is 0 Å². The average molecular weight is 93.5 g/mol. The minimum atomic E-state index is 0. The third-order valence-electron chi connectivity index (χ3n) is 0. The summed E-state index contributed by atoms with van der Waals surface area (Å²) in [6.07, 6.45) is 0. The number of halogens is 1. The lowest BCUT2D eigenvalue weighted by atomic mass is 10.8. The zero-order valence-electron chi connectivity index (χ0n) is 2.96. The molecule has 0 radical (unpaired) electrons. The largest absolute Gasteiger partial charge is 1.00 e. The third kappa shape index (κ3) is 202. The molecule has 0 aromatic carbocycles. The maximum absolute atomic E-state index is 6.28. The van der Waals surface area contributed by atoms with E-state index in [9.17, 15) is 0 Å². The van der Waals surface area contributed by atoms with Gasteiger partial charge in [-0.2, -0.15) is 0 Å². The molecule has 0 aromatic rings. The molecule has 0 fully saturated rings. The van der Waals surface area contributed by atoms with Crippen molar-refractivity contribution in [2.75, 3.05) is 0 Å². The maximum Gasteiger partial charge on any atom is 0.0873 e. The molecule has 0 unspecified atom stereocenters. The van der Waals surface area contributed by atoms with Crippen LogP contribution in [-0.2, 0) is 0 Å². The van der Waals surface area contributed by atoms with Crippen molar-refractivity contribution in [1.82, 2.24) is 0 Å². The fraction of sp³-hybridized carbons (Fsp3) is 0.500. The normalized spacial score (nSPS) is 5.00. The predicted octanol–water partition coefficient (Wildman–Crippen LogP) is -3.05. The van der Waals surface area contributed by atoms with Gasteiger partial charge in [-0.25, -0.2) is 0 Å². The van der Waals surface area contributed by atoms with Crippen molar-refractivity contribution < 1.29 is 12.4 Å². The topological polar surface area (TPSA) is 49.9 Å². The number of hydrogen-bond acceptors (Lipinski definition) is 1. The molecule has 3 heteroatoms. The van der Waals surface area contributed by atoms with E-state index in [4.69, 9.17) is 11.1 Å². The van der Waals surface area contributed by atoms with Crippen LogP contribution in [0.4, 0.5) is 0 Å². The van der Waals surface area contributed by atoms with Crippen molar-refractivity contribution in [3.63, 3.8) is 0 Å². The standard InChI is InChI=1S/C2H6N2.ClH/c1-2(3)4;/h1H3,(H3,3,4);1H/p-1. The second-order valence-corrected chi connectivity index (χ2v) is 0.683. The van der Waals surface area contributed by atoms with Crippen molar-refractivity contribution in [3.8, 4) is 0 Å². The number of rotatable bonds is 0. The molecule has 3 N–H and O–H groups in total. The lowest BCUT2D eigenvalue weighted by Crippen LogP contribution is -3.00. The van der Waals surface area contributed by atoms with Crippen LogP contribution in [0.25, 0.3) is 0 Å². The highest BCUT2D eigenvalue weighted by Gasteiger charge is 1.53. The first-order valence-corrected chi connectivity index (χ1v) is 1.04. The SMILES string of the molecule is CC(=N)N.[Cl-]. The number of amidine groups is 1. The van der Waals surface area contributed by atoms with Gasteiger partial charge in [-0.15, -0.1) is 0 Å². The van der Waals surface area contributed by atoms with Crippen LogP contribution in [0.15, 0.2) is 0 Å². The first-order chi connectivity index (χ1) is 1.73. The van der Waals surface area contributed by atoms with Crippen LogP contribution < -0.4 is 18.1 Å². The zero-order valence-corrected chi connectivity index (χ0v) is 3.71. The second kappa shape index (κ2) is 3.76. The van der Waals surface area contributed by atoms with Crippen LogP contribution in [0, 0.1) is 5.41 Å². The number of nitrogens with one attached hydrogen (secondary N) is 1. The van der Waals surface area contributed by atoms with Crippen LogP contribution in [0.1, 0.15) is 6.92 Å². The molecule has 0 aliphatic heterocycles. The molecule has 0 heterocycles. The summed E-state index contributed by atoms with van der Waals surface area (Å²) in [6.45, 7) is 1.53. The number of hydrogen-bond donors (Lipinski definition) is 2. The molecule has 0 aliphatic rings. The van der Waals surface area contributed by atoms with Gasteiger partial charge in [-0.3, -0.25) is 5.41 Å². The molecule has 0 amide bonds. The minimum Gasteiger partial charge on any atom is -1.00 e. The Hall–Kier alpha value is -0.240. The van der Waals surface area contributed by atoms with Gasteiger partial charge in [0.1, 0.15) is 0 Å².